The summed E-state index contributed by atoms with van der Waals surface area (Å²) in [6.45, 7) is 4.08. The molecule has 0 aromatic heterocycles. The quantitative estimate of drug-likeness (QED) is 0.556. The Kier molecular flexibility index (Phi) is 2.82. The van der Waals surface area contributed by atoms with Crippen LogP contribution in [0.4, 0.5) is 0 Å². The molecule has 1 heterocycles. The second-order valence-electron chi connectivity index (χ2n) is 8.92. The Hall–Kier alpha value is -1.89. The SMILES string of the molecule is CC1(C)[C@@H]2C(=COc3cc(O)ccc32)[C@@]2(O)C(=O)C[C@@]3(O)C[C@@H]1[C@@H]2[C@@H]3O. The minimum absolute atomic E-state index is 0.0772. The van der Waals surface area contributed by atoms with E-state index in [1.54, 1.807) is 12.1 Å². The zero-order chi connectivity index (χ0) is 18.6. The van der Waals surface area contributed by atoms with Gasteiger partial charge in [0.25, 0.3) is 0 Å². The van der Waals surface area contributed by atoms with E-state index >= 15 is 0 Å². The summed E-state index contributed by atoms with van der Waals surface area (Å²) >= 11 is 0. The summed E-state index contributed by atoms with van der Waals surface area (Å²) in [5.74, 6) is -1.19. The summed E-state index contributed by atoms with van der Waals surface area (Å²) in [5, 5.41) is 42.9. The molecule has 4 aliphatic rings. The van der Waals surface area contributed by atoms with Crippen molar-refractivity contribution in [3.05, 3.63) is 35.6 Å². The molecule has 6 heteroatoms. The zero-order valence-corrected chi connectivity index (χ0v) is 14.6. The van der Waals surface area contributed by atoms with Gasteiger partial charge in [-0.3, -0.25) is 4.79 Å². The molecule has 1 aromatic rings. The third-order valence-electron chi connectivity index (χ3n) is 7.34. The molecule has 6 atom stereocenters. The van der Waals surface area contributed by atoms with Gasteiger partial charge in [0.2, 0.25) is 0 Å². The number of fused-ring (bicyclic) bond motifs is 5. The molecule has 138 valence electrons. The number of aliphatic hydroxyl groups excluding tert-OH is 1. The van der Waals surface area contributed by atoms with Crippen molar-refractivity contribution in [2.24, 2.45) is 17.3 Å². The molecule has 1 aliphatic heterocycles. The summed E-state index contributed by atoms with van der Waals surface area (Å²) in [5.41, 5.74) is -2.53. The van der Waals surface area contributed by atoms with Crippen molar-refractivity contribution in [2.75, 3.05) is 0 Å². The van der Waals surface area contributed by atoms with E-state index in [1.807, 2.05) is 13.8 Å². The van der Waals surface area contributed by atoms with E-state index in [1.165, 1.54) is 12.3 Å². The minimum Gasteiger partial charge on any atom is -0.508 e. The molecule has 0 spiro atoms. The lowest BCUT2D eigenvalue weighted by molar-refractivity contribution is -0.180. The third-order valence-corrected chi connectivity index (χ3v) is 7.34. The first kappa shape index (κ1) is 16.3. The molecule has 0 radical (unpaired) electrons. The first-order valence-electron chi connectivity index (χ1n) is 8.97. The molecule has 1 aromatic carbocycles. The van der Waals surface area contributed by atoms with Gasteiger partial charge < -0.3 is 25.2 Å². The van der Waals surface area contributed by atoms with Gasteiger partial charge in [0.05, 0.1) is 18.0 Å². The van der Waals surface area contributed by atoms with Gasteiger partial charge in [-0.2, -0.15) is 0 Å². The van der Waals surface area contributed by atoms with Crippen LogP contribution in [0, 0.1) is 17.3 Å². The molecule has 5 rings (SSSR count). The highest BCUT2D eigenvalue weighted by molar-refractivity contribution is 5.94. The van der Waals surface area contributed by atoms with Crippen LogP contribution in [0.1, 0.15) is 38.2 Å². The average molecular weight is 358 g/mol. The topological polar surface area (TPSA) is 107 Å². The van der Waals surface area contributed by atoms with Gasteiger partial charge in [0, 0.05) is 35.5 Å². The number of carbonyl (C=O) groups excluding carboxylic acids is 1. The molecular formula is C20H22O6. The van der Waals surface area contributed by atoms with E-state index in [0.29, 0.717) is 11.3 Å². The van der Waals surface area contributed by atoms with Crippen molar-refractivity contribution in [2.45, 2.75) is 49.9 Å². The molecule has 0 saturated heterocycles. The summed E-state index contributed by atoms with van der Waals surface area (Å²) in [6.07, 6.45) is 0.258. The van der Waals surface area contributed by atoms with Crippen LogP contribution in [-0.4, -0.2) is 43.5 Å². The van der Waals surface area contributed by atoms with Crippen molar-refractivity contribution in [1.82, 2.24) is 0 Å². The highest BCUT2D eigenvalue weighted by Crippen LogP contribution is 2.69. The number of hydrogen-bond acceptors (Lipinski definition) is 6. The molecule has 3 fully saturated rings. The predicted molar refractivity (Wildman–Crippen MR) is 90.5 cm³/mol. The lowest BCUT2D eigenvalue weighted by atomic mass is 9.49. The number of ketones is 1. The number of hydrogen-bond donors (Lipinski definition) is 4. The number of Topliss-reactive ketones (excluding diaryl/α,β-unsaturated/α-hetero) is 1. The van der Waals surface area contributed by atoms with Crippen molar-refractivity contribution < 1.29 is 30.0 Å². The second-order valence-corrected chi connectivity index (χ2v) is 8.92. The van der Waals surface area contributed by atoms with E-state index in [4.69, 9.17) is 4.74 Å². The lowest BCUT2D eigenvalue weighted by Gasteiger charge is -2.57. The molecule has 6 nitrogen and oxygen atoms in total. The molecule has 4 N–H and O–H groups in total. The number of benzene rings is 1. The smallest absolute Gasteiger partial charge is 0.172 e. The number of phenolic OH excluding ortho intramolecular Hbond substituents is 1. The van der Waals surface area contributed by atoms with Gasteiger partial charge in [0.1, 0.15) is 11.5 Å². The molecule has 3 aliphatic carbocycles. The maximum atomic E-state index is 12.9. The van der Waals surface area contributed by atoms with E-state index in [2.05, 4.69) is 0 Å². The summed E-state index contributed by atoms with van der Waals surface area (Å²) in [7, 11) is 0. The monoisotopic (exact) mass is 358 g/mol. The number of carbonyl (C=O) groups is 1. The lowest BCUT2D eigenvalue weighted by Crippen LogP contribution is -2.66. The van der Waals surface area contributed by atoms with Crippen LogP contribution in [0.5, 0.6) is 11.5 Å². The van der Waals surface area contributed by atoms with Gasteiger partial charge in [-0.05, 0) is 23.8 Å². The average Bonchev–Trinajstić information content (AvgIpc) is 2.79. The van der Waals surface area contributed by atoms with Crippen LogP contribution in [0.3, 0.4) is 0 Å². The van der Waals surface area contributed by atoms with Crippen LogP contribution in [0.2, 0.25) is 0 Å². The largest absolute Gasteiger partial charge is 0.508 e. The first-order valence-corrected chi connectivity index (χ1v) is 8.97. The fourth-order valence-electron chi connectivity index (χ4n) is 6.11. The van der Waals surface area contributed by atoms with Crippen molar-refractivity contribution >= 4 is 5.78 Å². The predicted octanol–water partition coefficient (Wildman–Crippen LogP) is 1.22. The fraction of sp³-hybridized carbons (Fsp3) is 0.550. The van der Waals surface area contributed by atoms with E-state index in [-0.39, 0.29) is 30.4 Å². The van der Waals surface area contributed by atoms with Crippen molar-refractivity contribution in [1.29, 1.82) is 0 Å². The van der Waals surface area contributed by atoms with Gasteiger partial charge >= 0.3 is 0 Å². The Labute approximate surface area is 150 Å². The van der Waals surface area contributed by atoms with Gasteiger partial charge in [-0.15, -0.1) is 0 Å². The van der Waals surface area contributed by atoms with Crippen LogP contribution in [0.15, 0.2) is 30.0 Å². The normalized spacial score (nSPS) is 44.7. The van der Waals surface area contributed by atoms with Crippen LogP contribution in [0.25, 0.3) is 0 Å². The van der Waals surface area contributed by atoms with Gasteiger partial charge in [0.15, 0.2) is 11.4 Å². The standard InChI is InChI=1S/C20H22O6/c1-18(2)11-6-19(24)7-14(22)20(25,16(11)17(19)23)12-8-26-13-5-9(21)3-4-10(13)15(12)18/h3-5,8,11,15-17,21,23-25H,6-7H2,1-2H3/t11-,15+,16-,17+,19+,20-/m1/s1. The third kappa shape index (κ3) is 1.61. The highest BCUT2D eigenvalue weighted by Gasteiger charge is 2.74. The summed E-state index contributed by atoms with van der Waals surface area (Å²) in [4.78, 5) is 12.9. The number of ether oxygens (including phenoxy) is 1. The van der Waals surface area contributed by atoms with Gasteiger partial charge in [-0.25, -0.2) is 0 Å². The molecule has 26 heavy (non-hydrogen) atoms. The van der Waals surface area contributed by atoms with Crippen LogP contribution in [-0.2, 0) is 4.79 Å². The van der Waals surface area contributed by atoms with E-state index in [0.717, 1.165) is 5.56 Å². The Morgan fingerprint density at radius 2 is 1.96 bits per heavy atom. The Bertz CT molecular complexity index is 873. The maximum absolute atomic E-state index is 12.9. The second kappa shape index (κ2) is 4.50. The number of rotatable bonds is 0. The van der Waals surface area contributed by atoms with E-state index < -0.39 is 34.4 Å². The van der Waals surface area contributed by atoms with Crippen molar-refractivity contribution in [3.8, 4) is 11.5 Å². The Morgan fingerprint density at radius 1 is 1.23 bits per heavy atom. The first-order chi connectivity index (χ1) is 12.1. The highest BCUT2D eigenvalue weighted by atomic mass is 16.5. The Balaban J connectivity index is 1.77. The summed E-state index contributed by atoms with van der Waals surface area (Å²) in [6, 6.07) is 4.84. The maximum Gasteiger partial charge on any atom is 0.172 e. The zero-order valence-electron chi connectivity index (χ0n) is 14.6. The molecule has 0 amide bonds. The fourth-order valence-corrected chi connectivity index (χ4v) is 6.11. The van der Waals surface area contributed by atoms with Crippen LogP contribution < -0.4 is 4.74 Å². The number of aliphatic hydroxyl groups is 3. The van der Waals surface area contributed by atoms with Crippen molar-refractivity contribution in [3.63, 3.8) is 0 Å². The number of aromatic hydroxyl groups is 1. The summed E-state index contributed by atoms with van der Waals surface area (Å²) < 4.78 is 5.66. The molecule has 0 unspecified atom stereocenters. The minimum atomic E-state index is -1.84. The Morgan fingerprint density at radius 3 is 2.69 bits per heavy atom. The molecule has 3 saturated carbocycles. The van der Waals surface area contributed by atoms with Crippen LogP contribution >= 0.6 is 0 Å². The van der Waals surface area contributed by atoms with E-state index in [9.17, 15) is 25.2 Å². The molecule has 2 bridgehead atoms. The van der Waals surface area contributed by atoms with Gasteiger partial charge in [-0.1, -0.05) is 19.9 Å². The molecular weight excluding hydrogens is 336 g/mol. The number of phenols is 1.